The van der Waals surface area contributed by atoms with Gasteiger partial charge in [0.05, 0.1) is 3.57 Å². The highest BCUT2D eigenvalue weighted by atomic mass is 127. The summed E-state index contributed by atoms with van der Waals surface area (Å²) in [6.07, 6.45) is 0. The smallest absolute Gasteiger partial charge is 0.262 e. The van der Waals surface area contributed by atoms with Crippen LogP contribution in [0.15, 0.2) is 42.5 Å². The summed E-state index contributed by atoms with van der Waals surface area (Å²) in [5.41, 5.74) is 3.24. The second-order valence-electron chi connectivity index (χ2n) is 6.39. The molecule has 0 heterocycles. The number of anilines is 1. The van der Waals surface area contributed by atoms with Crippen molar-refractivity contribution in [1.82, 2.24) is 0 Å². The van der Waals surface area contributed by atoms with Gasteiger partial charge in [-0.2, -0.15) is 0 Å². The molecule has 0 saturated carbocycles. The molecule has 0 unspecified atom stereocenters. The fourth-order valence-corrected chi connectivity index (χ4v) is 3.12. The number of ether oxygens (including phenoxy) is 1. The standard InChI is InChI=1S/C20H24INO2/c1-13(2)15-8-7-9-16(14(3)4)20(15)22-19(23)12-24-18-11-6-5-10-17(18)21/h5-11,13-14H,12H2,1-4H3,(H,22,23). The zero-order valence-corrected chi connectivity index (χ0v) is 16.8. The number of carbonyl (C=O) groups is 1. The fraction of sp³-hybridized carbons (Fsp3) is 0.350. The number of rotatable bonds is 6. The van der Waals surface area contributed by atoms with Crippen LogP contribution in [0.3, 0.4) is 0 Å². The highest BCUT2D eigenvalue weighted by Gasteiger charge is 2.16. The SMILES string of the molecule is CC(C)c1cccc(C(C)C)c1NC(=O)COc1ccccc1I. The first kappa shape index (κ1) is 18.8. The Morgan fingerprint density at radius 2 is 1.58 bits per heavy atom. The Hall–Kier alpha value is -1.56. The van der Waals surface area contributed by atoms with E-state index in [0.29, 0.717) is 11.8 Å². The highest BCUT2D eigenvalue weighted by Crippen LogP contribution is 2.32. The molecular formula is C20H24INO2. The third-order valence-corrected chi connectivity index (χ3v) is 4.72. The Morgan fingerprint density at radius 1 is 1.00 bits per heavy atom. The second kappa shape index (κ2) is 8.51. The first-order valence-electron chi connectivity index (χ1n) is 8.20. The van der Waals surface area contributed by atoms with Gasteiger partial charge in [0.2, 0.25) is 0 Å². The number of carbonyl (C=O) groups excluding carboxylic acids is 1. The molecule has 0 aliphatic carbocycles. The minimum Gasteiger partial charge on any atom is -0.483 e. The van der Waals surface area contributed by atoms with E-state index >= 15 is 0 Å². The van der Waals surface area contributed by atoms with Crippen molar-refractivity contribution in [2.24, 2.45) is 0 Å². The summed E-state index contributed by atoms with van der Waals surface area (Å²) in [5.74, 6) is 1.28. The summed E-state index contributed by atoms with van der Waals surface area (Å²) in [6.45, 7) is 8.55. The molecule has 0 aromatic heterocycles. The van der Waals surface area contributed by atoms with Crippen LogP contribution in [0.4, 0.5) is 5.69 Å². The van der Waals surface area contributed by atoms with Gasteiger partial charge in [0.1, 0.15) is 5.75 Å². The molecule has 0 aliphatic heterocycles. The predicted octanol–water partition coefficient (Wildman–Crippen LogP) is 5.56. The van der Waals surface area contributed by atoms with Crippen molar-refractivity contribution < 1.29 is 9.53 Å². The number of nitrogens with one attached hydrogen (secondary N) is 1. The molecule has 0 bridgehead atoms. The fourth-order valence-electron chi connectivity index (χ4n) is 2.58. The summed E-state index contributed by atoms with van der Waals surface area (Å²) in [6, 6.07) is 13.9. The zero-order valence-electron chi connectivity index (χ0n) is 14.6. The number of hydrogen-bond donors (Lipinski definition) is 1. The van der Waals surface area contributed by atoms with Crippen LogP contribution < -0.4 is 10.1 Å². The largest absolute Gasteiger partial charge is 0.483 e. The van der Waals surface area contributed by atoms with Gasteiger partial charge in [-0.3, -0.25) is 4.79 Å². The maximum Gasteiger partial charge on any atom is 0.262 e. The molecule has 0 radical (unpaired) electrons. The minimum atomic E-state index is -0.135. The van der Waals surface area contributed by atoms with E-state index in [-0.39, 0.29) is 12.5 Å². The third-order valence-electron chi connectivity index (χ3n) is 3.83. The van der Waals surface area contributed by atoms with E-state index in [1.54, 1.807) is 0 Å². The molecule has 0 spiro atoms. The van der Waals surface area contributed by atoms with E-state index < -0.39 is 0 Å². The molecule has 2 aromatic rings. The molecule has 1 amide bonds. The van der Waals surface area contributed by atoms with E-state index in [1.807, 2.05) is 24.3 Å². The number of amides is 1. The maximum absolute atomic E-state index is 12.4. The minimum absolute atomic E-state index is 0.00395. The second-order valence-corrected chi connectivity index (χ2v) is 7.55. The summed E-state index contributed by atoms with van der Waals surface area (Å²) in [7, 11) is 0. The molecule has 4 heteroatoms. The molecule has 0 atom stereocenters. The van der Waals surface area contributed by atoms with Gasteiger partial charge in [-0.25, -0.2) is 0 Å². The Morgan fingerprint density at radius 3 is 2.12 bits per heavy atom. The Balaban J connectivity index is 2.15. The summed E-state index contributed by atoms with van der Waals surface area (Å²) < 4.78 is 6.65. The lowest BCUT2D eigenvalue weighted by Gasteiger charge is -2.20. The monoisotopic (exact) mass is 437 g/mol. The van der Waals surface area contributed by atoms with Gasteiger partial charge < -0.3 is 10.1 Å². The van der Waals surface area contributed by atoms with Crippen molar-refractivity contribution in [1.29, 1.82) is 0 Å². The molecule has 2 rings (SSSR count). The molecule has 1 N–H and O–H groups in total. The molecule has 128 valence electrons. The van der Waals surface area contributed by atoms with E-state index in [4.69, 9.17) is 4.74 Å². The number of benzene rings is 2. The van der Waals surface area contributed by atoms with Crippen LogP contribution in [0.25, 0.3) is 0 Å². The van der Waals surface area contributed by atoms with Crippen LogP contribution in [0.1, 0.15) is 50.7 Å². The van der Waals surface area contributed by atoms with Crippen LogP contribution >= 0.6 is 22.6 Å². The van der Waals surface area contributed by atoms with Crippen molar-refractivity contribution in [2.75, 3.05) is 11.9 Å². The van der Waals surface area contributed by atoms with Gasteiger partial charge in [-0.05, 0) is 57.7 Å². The van der Waals surface area contributed by atoms with Crippen molar-refractivity contribution in [2.45, 2.75) is 39.5 Å². The van der Waals surface area contributed by atoms with Gasteiger partial charge >= 0.3 is 0 Å². The molecule has 0 fully saturated rings. The average molecular weight is 437 g/mol. The van der Waals surface area contributed by atoms with Crippen molar-refractivity contribution in [3.05, 3.63) is 57.2 Å². The Bertz CT molecular complexity index is 684. The van der Waals surface area contributed by atoms with E-state index in [9.17, 15) is 4.79 Å². The normalized spacial score (nSPS) is 11.0. The van der Waals surface area contributed by atoms with Crippen LogP contribution in [0, 0.1) is 3.57 Å². The lowest BCUT2D eigenvalue weighted by Crippen LogP contribution is -2.22. The van der Waals surface area contributed by atoms with E-state index in [0.717, 1.165) is 26.1 Å². The number of hydrogen-bond acceptors (Lipinski definition) is 2. The van der Waals surface area contributed by atoms with Crippen molar-refractivity contribution >= 4 is 34.2 Å². The first-order valence-corrected chi connectivity index (χ1v) is 9.28. The quantitative estimate of drug-likeness (QED) is 0.602. The summed E-state index contributed by atoms with van der Waals surface area (Å²) >= 11 is 2.20. The highest BCUT2D eigenvalue weighted by molar-refractivity contribution is 14.1. The van der Waals surface area contributed by atoms with Gasteiger partial charge in [0.15, 0.2) is 6.61 Å². The lowest BCUT2D eigenvalue weighted by atomic mass is 9.92. The first-order chi connectivity index (χ1) is 11.4. The van der Waals surface area contributed by atoms with Crippen LogP contribution in [-0.2, 0) is 4.79 Å². The topological polar surface area (TPSA) is 38.3 Å². The predicted molar refractivity (Wildman–Crippen MR) is 108 cm³/mol. The molecular weight excluding hydrogens is 413 g/mol. The molecule has 0 aliphatic rings. The van der Waals surface area contributed by atoms with Crippen LogP contribution in [0.5, 0.6) is 5.75 Å². The Kier molecular flexibility index (Phi) is 6.66. The average Bonchev–Trinajstić information content (AvgIpc) is 2.53. The molecule has 0 saturated heterocycles. The van der Waals surface area contributed by atoms with Gasteiger partial charge in [0, 0.05) is 5.69 Å². The van der Waals surface area contributed by atoms with Gasteiger partial charge in [-0.15, -0.1) is 0 Å². The van der Waals surface area contributed by atoms with Crippen LogP contribution in [-0.4, -0.2) is 12.5 Å². The van der Waals surface area contributed by atoms with Crippen molar-refractivity contribution in [3.63, 3.8) is 0 Å². The van der Waals surface area contributed by atoms with Gasteiger partial charge in [0.25, 0.3) is 5.91 Å². The molecule has 3 nitrogen and oxygen atoms in total. The lowest BCUT2D eigenvalue weighted by molar-refractivity contribution is -0.118. The molecule has 24 heavy (non-hydrogen) atoms. The molecule has 2 aromatic carbocycles. The van der Waals surface area contributed by atoms with Crippen LogP contribution in [0.2, 0.25) is 0 Å². The van der Waals surface area contributed by atoms with E-state index in [2.05, 4.69) is 73.8 Å². The zero-order chi connectivity index (χ0) is 17.7. The maximum atomic E-state index is 12.4. The number of halogens is 1. The Labute approximate surface area is 157 Å². The van der Waals surface area contributed by atoms with E-state index in [1.165, 1.54) is 0 Å². The van der Waals surface area contributed by atoms with Gasteiger partial charge in [-0.1, -0.05) is 58.0 Å². The third kappa shape index (κ3) is 4.72. The summed E-state index contributed by atoms with van der Waals surface area (Å²) in [4.78, 5) is 12.4. The van der Waals surface area contributed by atoms with Crippen molar-refractivity contribution in [3.8, 4) is 5.75 Å². The number of para-hydroxylation sites is 2. The summed E-state index contributed by atoms with van der Waals surface area (Å²) in [5, 5.41) is 3.07.